The van der Waals surface area contributed by atoms with E-state index in [0.29, 0.717) is 0 Å². The Balaban J connectivity index is 2.52. The van der Waals surface area contributed by atoms with E-state index in [1.54, 1.807) is 4.57 Å². The van der Waals surface area contributed by atoms with Crippen LogP contribution in [0.2, 0.25) is 0 Å². The van der Waals surface area contributed by atoms with Gasteiger partial charge in [-0.05, 0) is 28.5 Å². The van der Waals surface area contributed by atoms with Gasteiger partial charge in [0.15, 0.2) is 0 Å². The number of rotatable bonds is 0. The van der Waals surface area contributed by atoms with E-state index in [1.165, 1.54) is 5.56 Å². The van der Waals surface area contributed by atoms with Gasteiger partial charge in [0.05, 0.1) is 5.52 Å². The molecule has 0 fully saturated rings. The molecule has 0 aliphatic carbocycles. The highest BCUT2D eigenvalue weighted by Crippen LogP contribution is 2.28. The smallest absolute Gasteiger partial charge is 0.258 e. The number of nitrogens with zero attached hydrogens (tertiary/aromatic N) is 1. The molecule has 0 amide bonds. The van der Waals surface area contributed by atoms with Crippen molar-refractivity contribution in [3.63, 3.8) is 0 Å². The molecule has 0 saturated carbocycles. The summed E-state index contributed by atoms with van der Waals surface area (Å²) in [6.45, 7) is 6.56. The molecule has 0 atom stereocenters. The number of fused-ring (bicyclic) bond motifs is 3. The summed E-state index contributed by atoms with van der Waals surface area (Å²) in [7, 11) is 1.85. The first-order valence-electron chi connectivity index (χ1n) is 6.91. The average Bonchev–Trinajstić information content (AvgIpc) is 2.43. The van der Waals surface area contributed by atoms with Crippen molar-refractivity contribution in [1.29, 1.82) is 0 Å². The van der Waals surface area contributed by atoms with Gasteiger partial charge in [-0.1, -0.05) is 51.1 Å². The van der Waals surface area contributed by atoms with E-state index in [-0.39, 0.29) is 11.0 Å². The van der Waals surface area contributed by atoms with Crippen LogP contribution in [0.15, 0.2) is 47.3 Å². The summed E-state index contributed by atoms with van der Waals surface area (Å²) in [5.74, 6) is 0. The molecule has 2 aromatic carbocycles. The molecule has 20 heavy (non-hydrogen) atoms. The van der Waals surface area contributed by atoms with Crippen LogP contribution in [0.25, 0.3) is 21.7 Å². The van der Waals surface area contributed by atoms with Crippen LogP contribution in [0.3, 0.4) is 0 Å². The van der Waals surface area contributed by atoms with E-state index < -0.39 is 0 Å². The number of hydrogen-bond acceptors (Lipinski definition) is 1. The fourth-order valence-corrected chi connectivity index (χ4v) is 2.70. The van der Waals surface area contributed by atoms with Crippen LogP contribution < -0.4 is 5.56 Å². The van der Waals surface area contributed by atoms with Gasteiger partial charge in [0.25, 0.3) is 5.56 Å². The first-order valence-corrected chi connectivity index (χ1v) is 6.91. The maximum atomic E-state index is 12.5. The molecule has 1 aromatic heterocycles. The van der Waals surface area contributed by atoms with E-state index in [1.807, 2.05) is 31.3 Å². The summed E-state index contributed by atoms with van der Waals surface area (Å²) in [6, 6.07) is 14.3. The zero-order valence-electron chi connectivity index (χ0n) is 12.4. The van der Waals surface area contributed by atoms with Gasteiger partial charge in [-0.3, -0.25) is 4.79 Å². The molecule has 0 bridgehead atoms. The Labute approximate surface area is 118 Å². The second-order valence-electron chi connectivity index (χ2n) is 6.39. The highest BCUT2D eigenvalue weighted by molar-refractivity contribution is 6.05. The lowest BCUT2D eigenvalue weighted by molar-refractivity contribution is 0.590. The number of pyridine rings is 1. The minimum atomic E-state index is 0.0687. The number of aryl methyl sites for hydroxylation is 1. The topological polar surface area (TPSA) is 22.0 Å². The van der Waals surface area contributed by atoms with Gasteiger partial charge in [0, 0.05) is 17.8 Å². The zero-order valence-corrected chi connectivity index (χ0v) is 12.4. The molecule has 0 aliphatic rings. The van der Waals surface area contributed by atoms with Gasteiger partial charge in [0.2, 0.25) is 0 Å². The number of aromatic nitrogens is 1. The standard InChI is InChI=1S/C18H19NO/c1-18(2,3)12-9-10-14-13-7-5-6-8-15(13)17(20)19(4)16(14)11-12/h5-11H,1-4H3. The van der Waals surface area contributed by atoms with Crippen molar-refractivity contribution in [3.8, 4) is 0 Å². The quantitative estimate of drug-likeness (QED) is 0.563. The van der Waals surface area contributed by atoms with Crippen LogP contribution in [0, 0.1) is 0 Å². The summed E-state index contributed by atoms with van der Waals surface area (Å²) < 4.78 is 1.76. The molecule has 0 unspecified atom stereocenters. The second-order valence-corrected chi connectivity index (χ2v) is 6.39. The van der Waals surface area contributed by atoms with Crippen LogP contribution >= 0.6 is 0 Å². The van der Waals surface area contributed by atoms with Crippen molar-refractivity contribution in [2.75, 3.05) is 0 Å². The Hall–Kier alpha value is -2.09. The van der Waals surface area contributed by atoms with Crippen LogP contribution in [0.5, 0.6) is 0 Å². The largest absolute Gasteiger partial charge is 0.311 e. The average molecular weight is 265 g/mol. The Morgan fingerprint density at radius 3 is 2.20 bits per heavy atom. The summed E-state index contributed by atoms with van der Waals surface area (Å²) in [5.41, 5.74) is 2.39. The summed E-state index contributed by atoms with van der Waals surface area (Å²) in [4.78, 5) is 12.5. The third-order valence-corrected chi connectivity index (χ3v) is 3.98. The minimum absolute atomic E-state index is 0.0687. The van der Waals surface area contributed by atoms with E-state index in [2.05, 4.69) is 39.0 Å². The van der Waals surface area contributed by atoms with Gasteiger partial charge >= 0.3 is 0 Å². The predicted molar refractivity (Wildman–Crippen MR) is 85.4 cm³/mol. The zero-order chi connectivity index (χ0) is 14.5. The van der Waals surface area contributed by atoms with Crippen LogP contribution in [-0.2, 0) is 12.5 Å². The number of hydrogen-bond donors (Lipinski definition) is 0. The Bertz CT molecular complexity index is 866. The lowest BCUT2D eigenvalue weighted by Crippen LogP contribution is -2.18. The van der Waals surface area contributed by atoms with Gasteiger partial charge in [-0.25, -0.2) is 0 Å². The molecular weight excluding hydrogens is 246 g/mol. The molecule has 3 aromatic rings. The lowest BCUT2D eigenvalue weighted by Gasteiger charge is -2.20. The van der Waals surface area contributed by atoms with Crippen molar-refractivity contribution >= 4 is 21.7 Å². The molecule has 0 spiro atoms. The monoisotopic (exact) mass is 265 g/mol. The molecule has 0 radical (unpaired) electrons. The van der Waals surface area contributed by atoms with Crippen molar-refractivity contribution in [2.24, 2.45) is 7.05 Å². The van der Waals surface area contributed by atoms with Crippen LogP contribution in [-0.4, -0.2) is 4.57 Å². The second kappa shape index (κ2) is 4.20. The Kier molecular flexibility index (Phi) is 2.72. The van der Waals surface area contributed by atoms with Gasteiger partial charge in [-0.15, -0.1) is 0 Å². The van der Waals surface area contributed by atoms with Crippen molar-refractivity contribution in [2.45, 2.75) is 26.2 Å². The highest BCUT2D eigenvalue weighted by Gasteiger charge is 2.16. The first kappa shape index (κ1) is 12.9. The van der Waals surface area contributed by atoms with E-state index in [4.69, 9.17) is 0 Å². The Morgan fingerprint density at radius 2 is 1.55 bits per heavy atom. The van der Waals surface area contributed by atoms with E-state index in [0.717, 1.165) is 21.7 Å². The first-order chi connectivity index (χ1) is 9.39. The molecule has 1 heterocycles. The van der Waals surface area contributed by atoms with Crippen molar-refractivity contribution in [3.05, 3.63) is 58.4 Å². The summed E-state index contributed by atoms with van der Waals surface area (Å²) >= 11 is 0. The van der Waals surface area contributed by atoms with Gasteiger partial charge in [0.1, 0.15) is 0 Å². The fraction of sp³-hybridized carbons (Fsp3) is 0.278. The third-order valence-electron chi connectivity index (χ3n) is 3.98. The molecule has 0 N–H and O–H groups in total. The molecule has 0 aliphatic heterocycles. The summed E-state index contributed by atoms with van der Waals surface area (Å²) in [6.07, 6.45) is 0. The summed E-state index contributed by atoms with van der Waals surface area (Å²) in [5, 5.41) is 2.95. The van der Waals surface area contributed by atoms with Crippen LogP contribution in [0.4, 0.5) is 0 Å². The maximum Gasteiger partial charge on any atom is 0.258 e. The molecule has 0 saturated heterocycles. The minimum Gasteiger partial charge on any atom is -0.311 e. The predicted octanol–water partition coefficient (Wildman–Crippen LogP) is 3.99. The van der Waals surface area contributed by atoms with E-state index >= 15 is 0 Å². The fourth-order valence-electron chi connectivity index (χ4n) is 2.70. The Morgan fingerprint density at radius 1 is 0.900 bits per heavy atom. The van der Waals surface area contributed by atoms with Gasteiger partial charge in [-0.2, -0.15) is 0 Å². The van der Waals surface area contributed by atoms with Crippen molar-refractivity contribution in [1.82, 2.24) is 4.57 Å². The molecule has 3 rings (SSSR count). The molecule has 2 heteroatoms. The normalized spacial score (nSPS) is 12.2. The number of benzene rings is 2. The van der Waals surface area contributed by atoms with Crippen LogP contribution in [0.1, 0.15) is 26.3 Å². The van der Waals surface area contributed by atoms with Crippen molar-refractivity contribution < 1.29 is 0 Å². The molecular formula is C18H19NO. The van der Waals surface area contributed by atoms with E-state index in [9.17, 15) is 4.79 Å². The maximum absolute atomic E-state index is 12.5. The third kappa shape index (κ3) is 1.83. The molecule has 2 nitrogen and oxygen atoms in total. The SMILES string of the molecule is Cn1c(=O)c2ccccc2c2ccc(C(C)(C)C)cc21. The lowest BCUT2D eigenvalue weighted by atomic mass is 9.86. The highest BCUT2D eigenvalue weighted by atomic mass is 16.1. The molecule has 102 valence electrons. The van der Waals surface area contributed by atoms with Gasteiger partial charge < -0.3 is 4.57 Å².